The van der Waals surface area contributed by atoms with Crippen molar-refractivity contribution >= 4 is 17.7 Å². The highest BCUT2D eigenvalue weighted by atomic mass is 32.2. The van der Waals surface area contributed by atoms with Gasteiger partial charge in [-0.15, -0.1) is 0 Å². The first-order valence-corrected chi connectivity index (χ1v) is 6.60. The van der Waals surface area contributed by atoms with Gasteiger partial charge < -0.3 is 5.11 Å². The summed E-state index contributed by atoms with van der Waals surface area (Å²) < 4.78 is 0. The van der Waals surface area contributed by atoms with Crippen molar-refractivity contribution in [2.45, 2.75) is 26.0 Å². The zero-order valence-electron chi connectivity index (χ0n) is 9.77. The Morgan fingerprint density at radius 1 is 1.25 bits per heavy atom. The van der Waals surface area contributed by atoms with E-state index in [1.807, 2.05) is 36.0 Å². The van der Waals surface area contributed by atoms with Gasteiger partial charge in [0.2, 0.25) is 0 Å². The molecule has 0 aliphatic carbocycles. The summed E-state index contributed by atoms with van der Waals surface area (Å²) in [5, 5.41) is 8.63. The fourth-order valence-electron chi connectivity index (χ4n) is 1.34. The van der Waals surface area contributed by atoms with E-state index in [9.17, 15) is 4.79 Å². The molecule has 0 aromatic heterocycles. The van der Waals surface area contributed by atoms with Gasteiger partial charge in [-0.1, -0.05) is 38.1 Å². The van der Waals surface area contributed by atoms with E-state index in [2.05, 4.69) is 13.8 Å². The Bertz CT molecular complexity index is 330. The first-order valence-electron chi connectivity index (χ1n) is 5.45. The van der Waals surface area contributed by atoms with Crippen molar-refractivity contribution in [3.05, 3.63) is 35.4 Å². The standard InChI is InChI=1S/C13H18O2S/c1-10(2)8-16-9-12-5-3-11(4-6-12)7-13(14)15/h3-6,10H,7-9H2,1-2H3,(H,14,15). The lowest BCUT2D eigenvalue weighted by Gasteiger charge is -2.05. The second-order valence-corrected chi connectivity index (χ2v) is 5.33. The van der Waals surface area contributed by atoms with E-state index in [0.29, 0.717) is 0 Å². The number of carboxylic acids is 1. The lowest BCUT2D eigenvalue weighted by atomic mass is 10.1. The fourth-order valence-corrected chi connectivity index (χ4v) is 2.36. The second-order valence-electron chi connectivity index (χ2n) is 4.30. The Morgan fingerprint density at radius 3 is 2.31 bits per heavy atom. The average Bonchev–Trinajstić information content (AvgIpc) is 2.19. The van der Waals surface area contributed by atoms with E-state index in [0.717, 1.165) is 23.0 Å². The third-order valence-corrected chi connectivity index (χ3v) is 3.54. The van der Waals surface area contributed by atoms with Crippen molar-refractivity contribution < 1.29 is 9.90 Å². The summed E-state index contributed by atoms with van der Waals surface area (Å²) in [7, 11) is 0. The lowest BCUT2D eigenvalue weighted by Crippen LogP contribution is -1.99. The SMILES string of the molecule is CC(C)CSCc1ccc(CC(=O)O)cc1. The van der Waals surface area contributed by atoms with Crippen LogP contribution in [0, 0.1) is 5.92 Å². The molecule has 1 aromatic rings. The Hall–Kier alpha value is -0.960. The third kappa shape index (κ3) is 5.21. The van der Waals surface area contributed by atoms with Crippen LogP contribution in [-0.2, 0) is 17.0 Å². The average molecular weight is 238 g/mol. The molecule has 2 nitrogen and oxygen atoms in total. The molecular weight excluding hydrogens is 220 g/mol. The van der Waals surface area contributed by atoms with Gasteiger partial charge in [0.05, 0.1) is 6.42 Å². The molecule has 0 saturated heterocycles. The molecule has 1 rings (SSSR count). The van der Waals surface area contributed by atoms with Gasteiger partial charge in [-0.2, -0.15) is 11.8 Å². The predicted molar refractivity (Wildman–Crippen MR) is 68.8 cm³/mol. The molecule has 0 fully saturated rings. The molecule has 88 valence electrons. The van der Waals surface area contributed by atoms with Crippen LogP contribution in [0.25, 0.3) is 0 Å². The van der Waals surface area contributed by atoms with Crippen molar-refractivity contribution in [3.8, 4) is 0 Å². The summed E-state index contributed by atoms with van der Waals surface area (Å²) in [6, 6.07) is 7.84. The van der Waals surface area contributed by atoms with Gasteiger partial charge in [0.1, 0.15) is 0 Å². The smallest absolute Gasteiger partial charge is 0.307 e. The Balaban J connectivity index is 2.42. The highest BCUT2D eigenvalue weighted by molar-refractivity contribution is 7.98. The molecule has 3 heteroatoms. The molecule has 0 aliphatic heterocycles. The summed E-state index contributed by atoms with van der Waals surface area (Å²) in [6.07, 6.45) is 0.111. The van der Waals surface area contributed by atoms with Crippen LogP contribution in [-0.4, -0.2) is 16.8 Å². The number of rotatable bonds is 6. The van der Waals surface area contributed by atoms with Crippen molar-refractivity contribution in [2.24, 2.45) is 5.92 Å². The Labute approximate surface area is 101 Å². The fraction of sp³-hybridized carbons (Fsp3) is 0.462. The zero-order valence-corrected chi connectivity index (χ0v) is 10.6. The largest absolute Gasteiger partial charge is 0.481 e. The van der Waals surface area contributed by atoms with E-state index in [1.54, 1.807) is 0 Å². The van der Waals surface area contributed by atoms with E-state index < -0.39 is 5.97 Å². The normalized spacial score (nSPS) is 10.7. The molecule has 0 saturated carbocycles. The van der Waals surface area contributed by atoms with Crippen LogP contribution in [0.3, 0.4) is 0 Å². The first kappa shape index (κ1) is 13.1. The number of carboxylic acid groups (broad SMARTS) is 1. The van der Waals surface area contributed by atoms with Crippen molar-refractivity contribution in [3.63, 3.8) is 0 Å². The van der Waals surface area contributed by atoms with Crippen LogP contribution in [0.2, 0.25) is 0 Å². The molecule has 0 heterocycles. The van der Waals surface area contributed by atoms with Gasteiger partial charge in [0.25, 0.3) is 0 Å². The Morgan fingerprint density at radius 2 is 1.81 bits per heavy atom. The highest BCUT2D eigenvalue weighted by Gasteiger charge is 2.01. The monoisotopic (exact) mass is 238 g/mol. The molecular formula is C13H18O2S. The highest BCUT2D eigenvalue weighted by Crippen LogP contribution is 2.16. The maximum absolute atomic E-state index is 10.5. The Kier molecular flexibility index (Phi) is 5.39. The topological polar surface area (TPSA) is 37.3 Å². The minimum absolute atomic E-state index is 0.111. The molecule has 0 spiro atoms. The number of aliphatic carboxylic acids is 1. The minimum atomic E-state index is -0.776. The third-order valence-electron chi connectivity index (χ3n) is 2.10. The number of hydrogen-bond acceptors (Lipinski definition) is 2. The molecule has 0 unspecified atom stereocenters. The van der Waals surface area contributed by atoms with Gasteiger partial charge in [-0.3, -0.25) is 4.79 Å². The minimum Gasteiger partial charge on any atom is -0.481 e. The van der Waals surface area contributed by atoms with E-state index in [1.165, 1.54) is 5.56 Å². The summed E-state index contributed by atoms with van der Waals surface area (Å²) in [5.41, 5.74) is 2.13. The van der Waals surface area contributed by atoms with Gasteiger partial charge in [0, 0.05) is 5.75 Å². The molecule has 1 N–H and O–H groups in total. The molecule has 16 heavy (non-hydrogen) atoms. The van der Waals surface area contributed by atoms with E-state index in [-0.39, 0.29) is 6.42 Å². The molecule has 0 bridgehead atoms. The number of benzene rings is 1. The quantitative estimate of drug-likeness (QED) is 0.827. The van der Waals surface area contributed by atoms with Gasteiger partial charge in [0.15, 0.2) is 0 Å². The molecule has 0 atom stereocenters. The van der Waals surface area contributed by atoms with Crippen LogP contribution in [0.1, 0.15) is 25.0 Å². The predicted octanol–water partition coefficient (Wildman–Crippen LogP) is 3.20. The maximum Gasteiger partial charge on any atom is 0.307 e. The second kappa shape index (κ2) is 6.59. The zero-order chi connectivity index (χ0) is 12.0. The van der Waals surface area contributed by atoms with Crippen LogP contribution in [0.15, 0.2) is 24.3 Å². The van der Waals surface area contributed by atoms with Crippen LogP contribution in [0.5, 0.6) is 0 Å². The van der Waals surface area contributed by atoms with Gasteiger partial charge in [-0.05, 0) is 22.8 Å². The molecule has 1 aromatic carbocycles. The van der Waals surface area contributed by atoms with Crippen LogP contribution < -0.4 is 0 Å². The van der Waals surface area contributed by atoms with Crippen LogP contribution in [0.4, 0.5) is 0 Å². The lowest BCUT2D eigenvalue weighted by molar-refractivity contribution is -0.136. The van der Waals surface area contributed by atoms with Crippen LogP contribution >= 0.6 is 11.8 Å². The van der Waals surface area contributed by atoms with E-state index in [4.69, 9.17) is 5.11 Å². The molecule has 0 amide bonds. The maximum atomic E-state index is 10.5. The summed E-state index contributed by atoms with van der Waals surface area (Å²) in [5.74, 6) is 2.11. The summed E-state index contributed by atoms with van der Waals surface area (Å²) in [4.78, 5) is 10.5. The van der Waals surface area contributed by atoms with Crippen molar-refractivity contribution in [1.82, 2.24) is 0 Å². The molecule has 0 aliphatic rings. The summed E-state index contributed by atoms with van der Waals surface area (Å²) >= 11 is 1.92. The van der Waals surface area contributed by atoms with E-state index >= 15 is 0 Å². The van der Waals surface area contributed by atoms with Gasteiger partial charge in [-0.25, -0.2) is 0 Å². The number of hydrogen-bond donors (Lipinski definition) is 1. The van der Waals surface area contributed by atoms with Crippen molar-refractivity contribution in [1.29, 1.82) is 0 Å². The molecule has 0 radical (unpaired) electrons. The number of carbonyl (C=O) groups is 1. The van der Waals surface area contributed by atoms with Crippen molar-refractivity contribution in [2.75, 3.05) is 5.75 Å². The van der Waals surface area contributed by atoms with Gasteiger partial charge >= 0.3 is 5.97 Å². The summed E-state index contributed by atoms with van der Waals surface area (Å²) in [6.45, 7) is 4.42. The first-order chi connectivity index (χ1) is 7.58. The number of thioether (sulfide) groups is 1.